The highest BCUT2D eigenvalue weighted by molar-refractivity contribution is 8.00. The maximum absolute atomic E-state index is 13.6. The molecule has 0 aliphatic heterocycles. The standard InChI is InChI=1S/C26H22ClN3O2S/c1-16-6-5-9-20(14-16)30-25(32)21-13-10-18(27)15-22(21)29-26(30)33-23(17-7-3-2-4-8-17)24(31)28-19-11-12-19/h2-10,13-15,19,23H,11-12H2,1H3,(H,28,31). The topological polar surface area (TPSA) is 64.0 Å². The molecule has 1 amide bonds. The first kappa shape index (κ1) is 21.7. The summed E-state index contributed by atoms with van der Waals surface area (Å²) in [6, 6.07) is 22.6. The Kier molecular flexibility index (Phi) is 5.96. The zero-order valence-corrected chi connectivity index (χ0v) is 19.6. The minimum absolute atomic E-state index is 0.0788. The second-order valence-electron chi connectivity index (χ2n) is 8.23. The Morgan fingerprint density at radius 2 is 1.88 bits per heavy atom. The van der Waals surface area contributed by atoms with Gasteiger partial charge in [-0.1, -0.05) is 65.8 Å². The molecule has 5 rings (SSSR count). The van der Waals surface area contributed by atoms with Gasteiger partial charge in [-0.05, 0) is 61.2 Å². The van der Waals surface area contributed by atoms with Crippen LogP contribution in [0.15, 0.2) is 82.7 Å². The lowest BCUT2D eigenvalue weighted by Gasteiger charge is -2.19. The van der Waals surface area contributed by atoms with Gasteiger partial charge in [0.2, 0.25) is 5.91 Å². The summed E-state index contributed by atoms with van der Waals surface area (Å²) in [6.45, 7) is 1.98. The maximum atomic E-state index is 13.6. The van der Waals surface area contributed by atoms with Gasteiger partial charge >= 0.3 is 0 Å². The van der Waals surface area contributed by atoms with Crippen LogP contribution in [0.4, 0.5) is 0 Å². The van der Waals surface area contributed by atoms with Crippen molar-refractivity contribution in [2.75, 3.05) is 0 Å². The summed E-state index contributed by atoms with van der Waals surface area (Å²) in [5.74, 6) is -0.0788. The number of aryl methyl sites for hydroxylation is 1. The molecule has 1 heterocycles. The molecule has 4 aromatic rings. The van der Waals surface area contributed by atoms with Crippen LogP contribution < -0.4 is 10.9 Å². The molecule has 7 heteroatoms. The van der Waals surface area contributed by atoms with Crippen LogP contribution >= 0.6 is 23.4 Å². The predicted octanol–water partition coefficient (Wildman–Crippen LogP) is 5.46. The molecule has 1 aliphatic rings. The third-order valence-electron chi connectivity index (χ3n) is 5.55. The number of aromatic nitrogens is 2. The number of rotatable bonds is 6. The SMILES string of the molecule is Cc1cccc(-n2c(SC(C(=O)NC3CC3)c3ccccc3)nc3cc(Cl)ccc3c2=O)c1. The van der Waals surface area contributed by atoms with Crippen molar-refractivity contribution in [1.29, 1.82) is 0 Å². The fourth-order valence-electron chi connectivity index (χ4n) is 3.72. The minimum atomic E-state index is -0.550. The molecule has 33 heavy (non-hydrogen) atoms. The summed E-state index contributed by atoms with van der Waals surface area (Å²) in [4.78, 5) is 31.7. The normalized spacial score (nSPS) is 14.2. The predicted molar refractivity (Wildman–Crippen MR) is 133 cm³/mol. The van der Waals surface area contributed by atoms with Gasteiger partial charge in [-0.2, -0.15) is 0 Å². The Morgan fingerprint density at radius 1 is 1.09 bits per heavy atom. The van der Waals surface area contributed by atoms with Crippen molar-refractivity contribution in [2.45, 2.75) is 36.2 Å². The number of fused-ring (bicyclic) bond motifs is 1. The van der Waals surface area contributed by atoms with Gasteiger partial charge in [0, 0.05) is 11.1 Å². The lowest BCUT2D eigenvalue weighted by atomic mass is 10.1. The molecular weight excluding hydrogens is 454 g/mol. The Balaban J connectivity index is 1.68. The molecule has 1 atom stereocenters. The molecule has 1 unspecified atom stereocenters. The lowest BCUT2D eigenvalue weighted by molar-refractivity contribution is -0.120. The monoisotopic (exact) mass is 475 g/mol. The third kappa shape index (κ3) is 4.68. The highest BCUT2D eigenvalue weighted by Crippen LogP contribution is 2.36. The average molecular weight is 476 g/mol. The van der Waals surface area contributed by atoms with E-state index in [1.807, 2.05) is 61.5 Å². The minimum Gasteiger partial charge on any atom is -0.352 e. The number of carbonyl (C=O) groups excluding carboxylic acids is 1. The van der Waals surface area contributed by atoms with E-state index in [4.69, 9.17) is 16.6 Å². The second-order valence-corrected chi connectivity index (χ2v) is 9.74. The lowest BCUT2D eigenvalue weighted by Crippen LogP contribution is -2.30. The molecule has 1 fully saturated rings. The molecule has 0 saturated heterocycles. The summed E-state index contributed by atoms with van der Waals surface area (Å²) in [7, 11) is 0. The van der Waals surface area contributed by atoms with E-state index < -0.39 is 5.25 Å². The molecule has 3 aromatic carbocycles. The fraction of sp³-hybridized carbons (Fsp3) is 0.192. The van der Waals surface area contributed by atoms with Crippen LogP contribution in [-0.4, -0.2) is 21.5 Å². The van der Waals surface area contributed by atoms with Crippen LogP contribution in [-0.2, 0) is 4.79 Å². The van der Waals surface area contributed by atoms with Crippen LogP contribution in [0.3, 0.4) is 0 Å². The van der Waals surface area contributed by atoms with Crippen molar-refractivity contribution in [1.82, 2.24) is 14.9 Å². The molecule has 1 N–H and O–H groups in total. The first-order valence-corrected chi connectivity index (χ1v) is 12.1. The van der Waals surface area contributed by atoms with Crippen LogP contribution in [0.25, 0.3) is 16.6 Å². The Labute approximate surface area is 200 Å². The van der Waals surface area contributed by atoms with Gasteiger partial charge in [-0.3, -0.25) is 14.2 Å². The Hall–Kier alpha value is -3.09. The van der Waals surface area contributed by atoms with E-state index in [9.17, 15) is 9.59 Å². The molecule has 0 spiro atoms. The second kappa shape index (κ2) is 9.04. The highest BCUT2D eigenvalue weighted by Gasteiger charge is 2.30. The number of thioether (sulfide) groups is 1. The van der Waals surface area contributed by atoms with Gasteiger partial charge in [0.1, 0.15) is 5.25 Å². The fourth-order valence-corrected chi connectivity index (χ4v) is 5.01. The van der Waals surface area contributed by atoms with E-state index in [-0.39, 0.29) is 17.5 Å². The number of hydrogen-bond acceptors (Lipinski definition) is 4. The van der Waals surface area contributed by atoms with E-state index in [0.29, 0.717) is 26.8 Å². The van der Waals surface area contributed by atoms with Gasteiger partial charge < -0.3 is 5.32 Å². The molecule has 0 bridgehead atoms. The highest BCUT2D eigenvalue weighted by atomic mass is 35.5. The number of benzene rings is 3. The van der Waals surface area contributed by atoms with Crippen molar-refractivity contribution < 1.29 is 4.79 Å². The molecule has 0 radical (unpaired) electrons. The molecule has 1 aromatic heterocycles. The van der Waals surface area contributed by atoms with Crippen LogP contribution in [0, 0.1) is 6.92 Å². The number of amides is 1. The number of carbonyl (C=O) groups is 1. The zero-order valence-electron chi connectivity index (χ0n) is 18.0. The summed E-state index contributed by atoms with van der Waals surface area (Å²) in [5.41, 5.74) is 2.91. The third-order valence-corrected chi connectivity index (χ3v) is 6.99. The van der Waals surface area contributed by atoms with Gasteiger partial charge in [0.25, 0.3) is 5.56 Å². The van der Waals surface area contributed by atoms with E-state index in [2.05, 4.69) is 5.32 Å². The summed E-state index contributed by atoms with van der Waals surface area (Å²) in [6.07, 6.45) is 2.00. The van der Waals surface area contributed by atoms with Crippen molar-refractivity contribution in [3.05, 3.63) is 99.3 Å². The van der Waals surface area contributed by atoms with E-state index in [1.54, 1.807) is 22.8 Å². The van der Waals surface area contributed by atoms with Gasteiger partial charge in [0.05, 0.1) is 16.6 Å². The van der Waals surface area contributed by atoms with Crippen LogP contribution in [0.5, 0.6) is 0 Å². The van der Waals surface area contributed by atoms with Gasteiger partial charge in [-0.15, -0.1) is 0 Å². The Morgan fingerprint density at radius 3 is 2.61 bits per heavy atom. The van der Waals surface area contributed by atoms with Gasteiger partial charge in [0.15, 0.2) is 5.16 Å². The first-order valence-electron chi connectivity index (χ1n) is 10.8. The first-order chi connectivity index (χ1) is 16.0. The number of nitrogens with zero attached hydrogens (tertiary/aromatic N) is 2. The van der Waals surface area contributed by atoms with Crippen molar-refractivity contribution in [3.63, 3.8) is 0 Å². The summed E-state index contributed by atoms with van der Waals surface area (Å²) in [5, 5.41) is 3.98. The number of nitrogens with one attached hydrogen (secondary N) is 1. The van der Waals surface area contributed by atoms with E-state index >= 15 is 0 Å². The molecule has 5 nitrogen and oxygen atoms in total. The summed E-state index contributed by atoms with van der Waals surface area (Å²) < 4.78 is 1.59. The van der Waals surface area contributed by atoms with Crippen molar-refractivity contribution in [3.8, 4) is 5.69 Å². The Bertz CT molecular complexity index is 1400. The van der Waals surface area contributed by atoms with Gasteiger partial charge in [-0.25, -0.2) is 4.98 Å². The average Bonchev–Trinajstić information content (AvgIpc) is 3.62. The van der Waals surface area contributed by atoms with Crippen molar-refractivity contribution >= 4 is 40.2 Å². The van der Waals surface area contributed by atoms with Crippen LogP contribution in [0.1, 0.15) is 29.2 Å². The van der Waals surface area contributed by atoms with Crippen LogP contribution in [0.2, 0.25) is 5.02 Å². The molecular formula is C26H22ClN3O2S. The smallest absolute Gasteiger partial charge is 0.266 e. The number of hydrogen-bond donors (Lipinski definition) is 1. The van der Waals surface area contributed by atoms with E-state index in [1.165, 1.54) is 11.8 Å². The van der Waals surface area contributed by atoms with Crippen molar-refractivity contribution in [2.24, 2.45) is 0 Å². The molecule has 1 aliphatic carbocycles. The van der Waals surface area contributed by atoms with E-state index in [0.717, 1.165) is 24.0 Å². The zero-order chi connectivity index (χ0) is 22.9. The quantitative estimate of drug-likeness (QED) is 0.297. The molecule has 1 saturated carbocycles. The number of halogens is 1. The molecule has 166 valence electrons. The summed E-state index contributed by atoms with van der Waals surface area (Å²) >= 11 is 7.48. The largest absolute Gasteiger partial charge is 0.352 e. The maximum Gasteiger partial charge on any atom is 0.266 e.